The van der Waals surface area contributed by atoms with Crippen molar-refractivity contribution in [2.24, 2.45) is 0 Å². The van der Waals surface area contributed by atoms with E-state index in [2.05, 4.69) is 59.4 Å². The molecule has 8 heteroatoms. The van der Waals surface area contributed by atoms with Crippen LogP contribution in [-0.2, 0) is 0 Å². The highest BCUT2D eigenvalue weighted by Gasteiger charge is 1.99. The zero-order valence-corrected chi connectivity index (χ0v) is 14.3. The summed E-state index contributed by atoms with van der Waals surface area (Å²) in [6.07, 6.45) is 6.75. The number of fused-ring (bicyclic) bond motifs is 1. The summed E-state index contributed by atoms with van der Waals surface area (Å²) in [6, 6.07) is 0. The maximum Gasteiger partial charge on any atom is 0.101 e. The molecule has 19 heavy (non-hydrogen) atoms. The van der Waals surface area contributed by atoms with Crippen LogP contribution >= 0.6 is 55.8 Å². The highest BCUT2D eigenvalue weighted by molar-refractivity contribution is 9.11. The van der Waals surface area contributed by atoms with E-state index in [1.54, 1.807) is 36.1 Å². The molecule has 3 heterocycles. The summed E-state index contributed by atoms with van der Waals surface area (Å²) in [7, 11) is 0. The summed E-state index contributed by atoms with van der Waals surface area (Å²) in [6.45, 7) is 0. The van der Waals surface area contributed by atoms with Gasteiger partial charge < -0.3 is 5.73 Å². The van der Waals surface area contributed by atoms with Crippen LogP contribution in [0.2, 0.25) is 0 Å². The normalized spacial score (nSPS) is 10.1. The van der Waals surface area contributed by atoms with Crippen molar-refractivity contribution in [2.75, 3.05) is 5.73 Å². The van der Waals surface area contributed by atoms with E-state index < -0.39 is 0 Å². The van der Waals surface area contributed by atoms with E-state index in [-0.39, 0.29) is 0 Å². The second-order valence-electron chi connectivity index (χ2n) is 3.38. The molecule has 2 N–H and O–H groups in total. The molecular formula is C11H8Br2N4S2. The van der Waals surface area contributed by atoms with Crippen molar-refractivity contribution in [3.8, 4) is 0 Å². The molecule has 0 atom stereocenters. The number of nitrogen functional groups attached to an aromatic ring is 1. The molecule has 98 valence electrons. The highest BCUT2D eigenvalue weighted by Crippen LogP contribution is 2.25. The summed E-state index contributed by atoms with van der Waals surface area (Å²) in [4.78, 5) is 12.7. The molecule has 0 saturated heterocycles. The summed E-state index contributed by atoms with van der Waals surface area (Å²) < 4.78 is 3.01. The first-order valence-corrected chi connectivity index (χ1v) is 7.91. The van der Waals surface area contributed by atoms with Crippen LogP contribution in [0.3, 0.4) is 0 Å². The maximum atomic E-state index is 5.45. The molecule has 3 aromatic rings. The number of rotatable bonds is 0. The quantitative estimate of drug-likeness (QED) is 0.536. The molecule has 0 radical (unpaired) electrons. The molecule has 0 spiro atoms. The minimum Gasteiger partial charge on any atom is -0.397 e. The first kappa shape index (κ1) is 14.7. The first-order chi connectivity index (χ1) is 9.09. The fourth-order valence-electron chi connectivity index (χ4n) is 1.20. The van der Waals surface area contributed by atoms with Gasteiger partial charge >= 0.3 is 0 Å². The van der Waals surface area contributed by atoms with E-state index in [0.717, 1.165) is 24.1 Å². The Hall–Kier alpha value is -0.700. The Morgan fingerprint density at radius 2 is 1.74 bits per heavy atom. The van der Waals surface area contributed by atoms with Crippen molar-refractivity contribution in [3.05, 3.63) is 39.2 Å². The Kier molecular flexibility index (Phi) is 5.14. The van der Waals surface area contributed by atoms with Crippen molar-refractivity contribution in [1.82, 2.24) is 15.0 Å². The molecule has 3 aromatic heterocycles. The lowest BCUT2D eigenvalue weighted by molar-refractivity contribution is 1.24. The van der Waals surface area contributed by atoms with Gasteiger partial charge in [-0.2, -0.15) is 0 Å². The second kappa shape index (κ2) is 6.65. The van der Waals surface area contributed by atoms with Crippen molar-refractivity contribution < 1.29 is 0 Å². The molecule has 0 fully saturated rings. The van der Waals surface area contributed by atoms with Gasteiger partial charge in [-0.15, -0.1) is 24.0 Å². The topological polar surface area (TPSA) is 64.7 Å². The monoisotopic (exact) mass is 418 g/mol. The molecule has 0 aromatic carbocycles. The molecule has 0 bridgehead atoms. The minimum atomic E-state index is 0.590. The highest BCUT2D eigenvalue weighted by atomic mass is 79.9. The van der Waals surface area contributed by atoms with E-state index in [9.17, 15) is 0 Å². The Morgan fingerprint density at radius 3 is 2.37 bits per heavy atom. The SMILES string of the molecule is Brc1cncc2ncsc12.Nc1cncc(Br)c1S. The molecule has 0 aliphatic rings. The van der Waals surface area contributed by atoms with Crippen molar-refractivity contribution in [3.63, 3.8) is 0 Å². The number of thiazole rings is 1. The minimum absolute atomic E-state index is 0.590. The fourth-order valence-corrected chi connectivity index (χ4v) is 2.93. The van der Waals surface area contributed by atoms with Crippen LogP contribution in [0.5, 0.6) is 0 Å². The van der Waals surface area contributed by atoms with Crippen molar-refractivity contribution >= 4 is 71.7 Å². The van der Waals surface area contributed by atoms with E-state index >= 15 is 0 Å². The third kappa shape index (κ3) is 3.65. The molecule has 4 nitrogen and oxygen atoms in total. The zero-order valence-electron chi connectivity index (χ0n) is 9.42. The van der Waals surface area contributed by atoms with Gasteiger partial charge in [0.2, 0.25) is 0 Å². The molecule has 0 unspecified atom stereocenters. The smallest absolute Gasteiger partial charge is 0.101 e. The van der Waals surface area contributed by atoms with Gasteiger partial charge in [0.15, 0.2) is 0 Å². The third-order valence-corrected chi connectivity index (χ3v) is 5.24. The van der Waals surface area contributed by atoms with Crippen LogP contribution < -0.4 is 5.73 Å². The predicted octanol–water partition coefficient (Wildman–Crippen LogP) is 4.17. The lowest BCUT2D eigenvalue weighted by atomic mass is 10.4. The van der Waals surface area contributed by atoms with Gasteiger partial charge in [-0.3, -0.25) is 9.97 Å². The Morgan fingerprint density at radius 1 is 1.05 bits per heavy atom. The molecular weight excluding hydrogens is 412 g/mol. The third-order valence-electron chi connectivity index (χ3n) is 2.10. The summed E-state index contributed by atoms with van der Waals surface area (Å²) in [5.74, 6) is 0. The Labute approximate surface area is 136 Å². The summed E-state index contributed by atoms with van der Waals surface area (Å²) >= 11 is 12.3. The van der Waals surface area contributed by atoms with Crippen molar-refractivity contribution in [1.29, 1.82) is 0 Å². The molecule has 0 aliphatic heterocycles. The van der Waals surface area contributed by atoms with E-state index in [0.29, 0.717) is 5.69 Å². The van der Waals surface area contributed by atoms with Crippen molar-refractivity contribution in [2.45, 2.75) is 4.90 Å². The number of nitrogens with zero attached hydrogens (tertiary/aromatic N) is 3. The van der Waals surface area contributed by atoms with E-state index in [1.807, 2.05) is 5.51 Å². The van der Waals surface area contributed by atoms with Crippen LogP contribution in [0.15, 0.2) is 44.1 Å². The van der Waals surface area contributed by atoms with Crippen LogP contribution in [0.25, 0.3) is 10.2 Å². The van der Waals surface area contributed by atoms with Crippen LogP contribution in [0.4, 0.5) is 5.69 Å². The second-order valence-corrected chi connectivity index (χ2v) is 6.39. The Balaban J connectivity index is 0.000000141. The molecule has 0 aliphatic carbocycles. The van der Waals surface area contributed by atoms with E-state index in [1.165, 1.54) is 0 Å². The zero-order chi connectivity index (χ0) is 13.8. The molecule has 0 saturated carbocycles. The van der Waals surface area contributed by atoms with Gasteiger partial charge in [-0.05, 0) is 31.9 Å². The molecule has 3 rings (SSSR count). The fraction of sp³-hybridized carbons (Fsp3) is 0. The number of aromatic nitrogens is 3. The van der Waals surface area contributed by atoms with Gasteiger partial charge in [0, 0.05) is 17.3 Å². The average Bonchev–Trinajstić information content (AvgIpc) is 2.86. The van der Waals surface area contributed by atoms with Gasteiger partial charge in [-0.25, -0.2) is 4.98 Å². The first-order valence-electron chi connectivity index (χ1n) is 5.00. The van der Waals surface area contributed by atoms with E-state index in [4.69, 9.17) is 5.73 Å². The largest absolute Gasteiger partial charge is 0.397 e. The predicted molar refractivity (Wildman–Crippen MR) is 88.7 cm³/mol. The number of halogens is 2. The lowest BCUT2D eigenvalue weighted by Gasteiger charge is -1.97. The lowest BCUT2D eigenvalue weighted by Crippen LogP contribution is -1.88. The number of thiol groups is 1. The number of hydrogen-bond donors (Lipinski definition) is 2. The van der Waals surface area contributed by atoms with Crippen LogP contribution in [-0.4, -0.2) is 15.0 Å². The standard InChI is InChI=1S/C6H3BrN2S.C5H5BrN2S/c7-4-1-8-2-5-6(4)10-3-9-5;6-3-1-8-2-4(7)5(3)9/h1-3H;1-2H,7H2,(H,8,9). The van der Waals surface area contributed by atoms with Crippen LogP contribution in [0, 0.1) is 0 Å². The summed E-state index contributed by atoms with van der Waals surface area (Å²) in [5, 5.41) is 0. The number of nitrogens with two attached hydrogens (primary N) is 1. The van der Waals surface area contributed by atoms with Gasteiger partial charge in [0.05, 0.1) is 37.2 Å². The number of hydrogen-bond acceptors (Lipinski definition) is 6. The Bertz CT molecular complexity index is 682. The van der Waals surface area contributed by atoms with Gasteiger partial charge in [-0.1, -0.05) is 0 Å². The number of pyridine rings is 2. The number of anilines is 1. The van der Waals surface area contributed by atoms with Gasteiger partial charge in [0.1, 0.15) is 5.52 Å². The maximum absolute atomic E-state index is 5.45. The average molecular weight is 420 g/mol. The molecule has 0 amide bonds. The summed E-state index contributed by atoms with van der Waals surface area (Å²) in [5.41, 5.74) is 8.82. The van der Waals surface area contributed by atoms with Crippen LogP contribution in [0.1, 0.15) is 0 Å². The van der Waals surface area contributed by atoms with Gasteiger partial charge in [0.25, 0.3) is 0 Å².